The van der Waals surface area contributed by atoms with Crippen LogP contribution in [0, 0.1) is 5.92 Å². The van der Waals surface area contributed by atoms with E-state index in [-0.39, 0.29) is 0 Å². The maximum Gasteiger partial charge on any atom is 0.0235 e. The van der Waals surface area contributed by atoms with Crippen molar-refractivity contribution in [1.82, 2.24) is 10.2 Å². The van der Waals surface area contributed by atoms with Gasteiger partial charge in [0.15, 0.2) is 0 Å². The quantitative estimate of drug-likeness (QED) is 0.698. The summed E-state index contributed by atoms with van der Waals surface area (Å²) in [4.78, 5) is 2.69. The summed E-state index contributed by atoms with van der Waals surface area (Å²) in [6.45, 7) is 7.57. The van der Waals surface area contributed by atoms with E-state index in [1.807, 2.05) is 0 Å². The summed E-state index contributed by atoms with van der Waals surface area (Å²) in [5.41, 5.74) is 0. The number of piperidine rings is 1. The van der Waals surface area contributed by atoms with Crippen LogP contribution in [-0.4, -0.2) is 37.1 Å². The van der Waals surface area contributed by atoms with Gasteiger partial charge in [-0.15, -0.1) is 0 Å². The van der Waals surface area contributed by atoms with Crippen LogP contribution in [-0.2, 0) is 0 Å². The molecule has 0 bridgehead atoms. The Kier molecular flexibility index (Phi) is 5.11. The number of nitrogens with zero attached hydrogens (tertiary/aromatic N) is 1. The van der Waals surface area contributed by atoms with Crippen molar-refractivity contribution in [3.05, 3.63) is 0 Å². The number of unbranched alkanes of at least 4 members (excludes halogenated alkanes) is 4. The first-order valence-electron chi connectivity index (χ1n) is 7.36. The molecular formula is C14H28N2. The van der Waals surface area contributed by atoms with Crippen LogP contribution in [0.25, 0.3) is 0 Å². The summed E-state index contributed by atoms with van der Waals surface area (Å²) in [5, 5.41) is 3.68. The predicted octanol–water partition coefficient (Wildman–Crippen LogP) is 2.64. The second-order valence-corrected chi connectivity index (χ2v) is 5.64. The summed E-state index contributed by atoms with van der Waals surface area (Å²) < 4.78 is 0. The second-order valence-electron chi connectivity index (χ2n) is 5.64. The Labute approximate surface area is 101 Å². The van der Waals surface area contributed by atoms with Crippen molar-refractivity contribution in [2.45, 2.75) is 57.9 Å². The van der Waals surface area contributed by atoms with Gasteiger partial charge < -0.3 is 10.2 Å². The molecule has 16 heavy (non-hydrogen) atoms. The van der Waals surface area contributed by atoms with Gasteiger partial charge in [0, 0.05) is 19.1 Å². The molecule has 2 rings (SSSR count). The van der Waals surface area contributed by atoms with Crippen molar-refractivity contribution in [3.8, 4) is 0 Å². The van der Waals surface area contributed by atoms with E-state index in [1.165, 1.54) is 71.1 Å². The maximum atomic E-state index is 3.68. The van der Waals surface area contributed by atoms with Crippen molar-refractivity contribution in [1.29, 1.82) is 0 Å². The summed E-state index contributed by atoms with van der Waals surface area (Å²) in [6, 6.07) is 0.824. The lowest BCUT2D eigenvalue weighted by atomic mass is 9.94. The van der Waals surface area contributed by atoms with Gasteiger partial charge in [-0.2, -0.15) is 0 Å². The van der Waals surface area contributed by atoms with Crippen LogP contribution in [0.1, 0.15) is 51.9 Å². The molecule has 2 heterocycles. The monoisotopic (exact) mass is 224 g/mol. The fourth-order valence-electron chi connectivity index (χ4n) is 3.26. The largest absolute Gasteiger partial charge is 0.312 e. The van der Waals surface area contributed by atoms with Crippen LogP contribution < -0.4 is 5.32 Å². The van der Waals surface area contributed by atoms with Gasteiger partial charge in [0.05, 0.1) is 0 Å². The SMILES string of the molecule is CCCCCCCN1C[C@@H]2CCCN[C@@H]2C1. The van der Waals surface area contributed by atoms with Crippen molar-refractivity contribution < 1.29 is 0 Å². The molecule has 2 aliphatic rings. The van der Waals surface area contributed by atoms with Gasteiger partial charge in [-0.3, -0.25) is 0 Å². The average Bonchev–Trinajstić information content (AvgIpc) is 2.71. The Morgan fingerprint density at radius 3 is 2.81 bits per heavy atom. The zero-order valence-electron chi connectivity index (χ0n) is 10.9. The molecule has 0 aliphatic carbocycles. The van der Waals surface area contributed by atoms with Crippen LogP contribution in [0.5, 0.6) is 0 Å². The average molecular weight is 224 g/mol. The molecule has 2 aliphatic heterocycles. The molecule has 2 heteroatoms. The summed E-state index contributed by atoms with van der Waals surface area (Å²) >= 11 is 0. The zero-order valence-corrected chi connectivity index (χ0v) is 10.9. The maximum absolute atomic E-state index is 3.68. The molecule has 0 radical (unpaired) electrons. The van der Waals surface area contributed by atoms with E-state index in [1.54, 1.807) is 0 Å². The van der Waals surface area contributed by atoms with Crippen molar-refractivity contribution in [3.63, 3.8) is 0 Å². The highest BCUT2D eigenvalue weighted by atomic mass is 15.2. The third kappa shape index (κ3) is 3.46. The highest BCUT2D eigenvalue weighted by Crippen LogP contribution is 2.24. The smallest absolute Gasteiger partial charge is 0.0235 e. The van der Waals surface area contributed by atoms with E-state index in [4.69, 9.17) is 0 Å². The normalized spacial score (nSPS) is 30.6. The van der Waals surface area contributed by atoms with Gasteiger partial charge in [-0.05, 0) is 38.3 Å². The Morgan fingerprint density at radius 2 is 2.00 bits per heavy atom. The molecule has 0 unspecified atom stereocenters. The Balaban J connectivity index is 1.57. The number of hydrogen-bond donors (Lipinski definition) is 1. The number of hydrogen-bond acceptors (Lipinski definition) is 2. The number of fused-ring (bicyclic) bond motifs is 1. The minimum atomic E-state index is 0.824. The van der Waals surface area contributed by atoms with Crippen molar-refractivity contribution in [2.75, 3.05) is 26.2 Å². The molecule has 0 saturated carbocycles. The zero-order chi connectivity index (χ0) is 11.2. The lowest BCUT2D eigenvalue weighted by Gasteiger charge is -2.24. The van der Waals surface area contributed by atoms with Crippen LogP contribution in [0.2, 0.25) is 0 Å². The number of likely N-dealkylation sites (tertiary alicyclic amines) is 1. The molecule has 94 valence electrons. The van der Waals surface area contributed by atoms with Crippen molar-refractivity contribution in [2.24, 2.45) is 5.92 Å². The molecule has 2 nitrogen and oxygen atoms in total. The molecule has 2 saturated heterocycles. The predicted molar refractivity (Wildman–Crippen MR) is 69.7 cm³/mol. The second kappa shape index (κ2) is 6.61. The minimum absolute atomic E-state index is 0.824. The Hall–Kier alpha value is -0.0800. The van der Waals surface area contributed by atoms with Gasteiger partial charge in [0.1, 0.15) is 0 Å². The van der Waals surface area contributed by atoms with E-state index in [2.05, 4.69) is 17.1 Å². The minimum Gasteiger partial charge on any atom is -0.312 e. The van der Waals surface area contributed by atoms with Crippen LogP contribution in [0.4, 0.5) is 0 Å². The highest BCUT2D eigenvalue weighted by molar-refractivity contribution is 4.91. The van der Waals surface area contributed by atoms with Crippen LogP contribution in [0.3, 0.4) is 0 Å². The first kappa shape index (κ1) is 12.4. The summed E-state index contributed by atoms with van der Waals surface area (Å²) in [6.07, 6.45) is 9.93. The van der Waals surface area contributed by atoms with Gasteiger partial charge in [0.2, 0.25) is 0 Å². The first-order valence-corrected chi connectivity index (χ1v) is 7.36. The molecule has 2 atom stereocenters. The molecule has 0 aromatic carbocycles. The molecule has 0 aromatic heterocycles. The summed E-state index contributed by atoms with van der Waals surface area (Å²) in [5.74, 6) is 0.962. The van der Waals surface area contributed by atoms with Crippen LogP contribution >= 0.6 is 0 Å². The fraction of sp³-hybridized carbons (Fsp3) is 1.00. The van der Waals surface area contributed by atoms with E-state index < -0.39 is 0 Å². The molecular weight excluding hydrogens is 196 g/mol. The van der Waals surface area contributed by atoms with Crippen molar-refractivity contribution >= 4 is 0 Å². The highest BCUT2D eigenvalue weighted by Gasteiger charge is 2.33. The van der Waals surface area contributed by atoms with Gasteiger partial charge in [0.25, 0.3) is 0 Å². The topological polar surface area (TPSA) is 15.3 Å². The first-order chi connectivity index (χ1) is 7.90. The molecule has 0 spiro atoms. The molecule has 0 amide bonds. The van der Waals surface area contributed by atoms with Gasteiger partial charge in [-0.1, -0.05) is 32.6 Å². The number of nitrogens with one attached hydrogen (secondary N) is 1. The van der Waals surface area contributed by atoms with Gasteiger partial charge in [-0.25, -0.2) is 0 Å². The molecule has 1 N–H and O–H groups in total. The number of rotatable bonds is 6. The van der Waals surface area contributed by atoms with Crippen LogP contribution in [0.15, 0.2) is 0 Å². The van der Waals surface area contributed by atoms with Gasteiger partial charge >= 0.3 is 0 Å². The third-order valence-corrected chi connectivity index (χ3v) is 4.25. The Bertz CT molecular complexity index is 179. The summed E-state index contributed by atoms with van der Waals surface area (Å²) in [7, 11) is 0. The Morgan fingerprint density at radius 1 is 1.12 bits per heavy atom. The van der Waals surface area contributed by atoms with E-state index in [0.29, 0.717) is 0 Å². The molecule has 2 fully saturated rings. The fourth-order valence-corrected chi connectivity index (χ4v) is 3.26. The van der Waals surface area contributed by atoms with E-state index >= 15 is 0 Å². The lowest BCUT2D eigenvalue weighted by Crippen LogP contribution is -2.40. The lowest BCUT2D eigenvalue weighted by molar-refractivity contribution is 0.311. The molecule has 0 aromatic rings. The standard InChI is InChI=1S/C14H28N2/c1-2-3-4-5-6-10-16-11-13-8-7-9-15-14(13)12-16/h13-15H,2-12H2,1H3/t13-,14+/m0/s1. The van der Waals surface area contributed by atoms with E-state index in [0.717, 1.165) is 12.0 Å². The van der Waals surface area contributed by atoms with E-state index in [9.17, 15) is 0 Å². The third-order valence-electron chi connectivity index (χ3n) is 4.25.